The van der Waals surface area contributed by atoms with Crippen LogP contribution in [0, 0.1) is 12.7 Å². The van der Waals surface area contributed by atoms with Crippen LogP contribution in [0.15, 0.2) is 48.5 Å². The first-order chi connectivity index (χ1) is 8.75. The van der Waals surface area contributed by atoms with E-state index in [-0.39, 0.29) is 5.82 Å². The van der Waals surface area contributed by atoms with Gasteiger partial charge in [-0.1, -0.05) is 48.0 Å². The second-order valence-electron chi connectivity index (χ2n) is 4.28. The third kappa shape index (κ3) is 3.65. The number of aryl methyl sites for hydroxylation is 1. The highest BCUT2D eigenvalue weighted by molar-refractivity contribution is 5.21. The molecule has 18 heavy (non-hydrogen) atoms. The van der Waals surface area contributed by atoms with Crippen LogP contribution in [-0.4, -0.2) is 0 Å². The number of benzene rings is 2. The first kappa shape index (κ1) is 12.7. The molecule has 0 bridgehead atoms. The normalized spacial score (nSPS) is 10.6. The molecule has 0 heterocycles. The maximum absolute atomic E-state index is 13.3. The fourth-order valence-corrected chi connectivity index (χ4v) is 1.67. The van der Waals surface area contributed by atoms with Crippen molar-refractivity contribution in [2.45, 2.75) is 20.0 Å². The smallest absolute Gasteiger partial charge is 0.127 e. The van der Waals surface area contributed by atoms with E-state index in [9.17, 15) is 4.39 Å². The van der Waals surface area contributed by atoms with E-state index >= 15 is 0 Å². The average Bonchev–Trinajstić information content (AvgIpc) is 2.39. The highest BCUT2D eigenvalue weighted by Crippen LogP contribution is 2.05. The maximum atomic E-state index is 13.3. The molecule has 0 radical (unpaired) electrons. The predicted octanol–water partition coefficient (Wildman–Crippen LogP) is 2.93. The second-order valence-corrected chi connectivity index (χ2v) is 4.28. The summed E-state index contributed by atoms with van der Waals surface area (Å²) in [7, 11) is 0. The van der Waals surface area contributed by atoms with Crippen molar-refractivity contribution >= 4 is 0 Å². The second kappa shape index (κ2) is 6.28. The summed E-state index contributed by atoms with van der Waals surface area (Å²) < 4.78 is 13.3. The maximum Gasteiger partial charge on any atom is 0.127 e. The van der Waals surface area contributed by atoms with Crippen molar-refractivity contribution in [1.82, 2.24) is 10.9 Å². The van der Waals surface area contributed by atoms with Gasteiger partial charge in [0.05, 0.1) is 0 Å². The molecule has 2 aromatic rings. The molecule has 0 amide bonds. The summed E-state index contributed by atoms with van der Waals surface area (Å²) >= 11 is 0. The van der Waals surface area contributed by atoms with Crippen molar-refractivity contribution in [3.8, 4) is 0 Å². The van der Waals surface area contributed by atoms with Gasteiger partial charge in [0.15, 0.2) is 0 Å². The Bertz CT molecular complexity index is 494. The lowest BCUT2D eigenvalue weighted by Crippen LogP contribution is -2.30. The fraction of sp³-hybridized carbons (Fsp3) is 0.200. The highest BCUT2D eigenvalue weighted by Gasteiger charge is 1.99. The standard InChI is InChI=1S/C15H17FN2/c1-12-6-8-13(9-7-12)10-17-18-11-14-4-2-3-5-15(14)16/h2-9,17-18H,10-11H2,1H3. The minimum Gasteiger partial charge on any atom is -0.253 e. The Balaban J connectivity index is 1.76. The predicted molar refractivity (Wildman–Crippen MR) is 71.3 cm³/mol. The molecule has 2 aromatic carbocycles. The minimum absolute atomic E-state index is 0.179. The molecule has 0 unspecified atom stereocenters. The lowest BCUT2D eigenvalue weighted by molar-refractivity contribution is 0.512. The highest BCUT2D eigenvalue weighted by atomic mass is 19.1. The molecular weight excluding hydrogens is 227 g/mol. The molecule has 2 nitrogen and oxygen atoms in total. The number of halogens is 1. The Hall–Kier alpha value is -1.71. The lowest BCUT2D eigenvalue weighted by Gasteiger charge is -2.08. The van der Waals surface area contributed by atoms with Crippen LogP contribution in [0.2, 0.25) is 0 Å². The van der Waals surface area contributed by atoms with Gasteiger partial charge in [-0.2, -0.15) is 0 Å². The van der Waals surface area contributed by atoms with Gasteiger partial charge in [0.1, 0.15) is 5.82 Å². The molecule has 0 atom stereocenters. The molecule has 0 aliphatic heterocycles. The third-order valence-corrected chi connectivity index (χ3v) is 2.77. The van der Waals surface area contributed by atoms with Crippen molar-refractivity contribution in [3.63, 3.8) is 0 Å². The Morgan fingerprint density at radius 2 is 1.56 bits per heavy atom. The lowest BCUT2D eigenvalue weighted by atomic mass is 10.1. The van der Waals surface area contributed by atoms with E-state index in [1.165, 1.54) is 17.2 Å². The number of nitrogens with one attached hydrogen (secondary N) is 2. The minimum atomic E-state index is -0.179. The number of rotatable bonds is 5. The third-order valence-electron chi connectivity index (χ3n) is 2.77. The quantitative estimate of drug-likeness (QED) is 0.624. The molecule has 0 spiro atoms. The SMILES string of the molecule is Cc1ccc(CNNCc2ccccc2F)cc1. The van der Waals surface area contributed by atoms with Gasteiger partial charge >= 0.3 is 0 Å². The van der Waals surface area contributed by atoms with E-state index in [2.05, 4.69) is 42.0 Å². The Morgan fingerprint density at radius 3 is 2.28 bits per heavy atom. The Kier molecular flexibility index (Phi) is 4.45. The van der Waals surface area contributed by atoms with E-state index in [4.69, 9.17) is 0 Å². The van der Waals surface area contributed by atoms with Crippen molar-refractivity contribution < 1.29 is 4.39 Å². The summed E-state index contributed by atoms with van der Waals surface area (Å²) in [5.41, 5.74) is 9.20. The summed E-state index contributed by atoms with van der Waals surface area (Å²) in [4.78, 5) is 0. The van der Waals surface area contributed by atoms with Crippen LogP contribution >= 0.6 is 0 Å². The van der Waals surface area contributed by atoms with Crippen LogP contribution in [0.3, 0.4) is 0 Å². The molecular formula is C15H17FN2. The summed E-state index contributed by atoms with van der Waals surface area (Å²) in [5.74, 6) is -0.179. The molecule has 0 aliphatic rings. The Morgan fingerprint density at radius 1 is 0.889 bits per heavy atom. The molecule has 94 valence electrons. The van der Waals surface area contributed by atoms with Gasteiger partial charge in [-0.05, 0) is 18.6 Å². The molecule has 3 heteroatoms. The van der Waals surface area contributed by atoms with E-state index in [0.717, 1.165) is 0 Å². The van der Waals surface area contributed by atoms with Crippen molar-refractivity contribution in [2.24, 2.45) is 0 Å². The number of hydrogen-bond donors (Lipinski definition) is 2. The van der Waals surface area contributed by atoms with E-state index in [0.29, 0.717) is 18.7 Å². The molecule has 0 fully saturated rings. The van der Waals surface area contributed by atoms with Gasteiger partial charge in [0.25, 0.3) is 0 Å². The summed E-state index contributed by atoms with van der Waals surface area (Å²) in [6.45, 7) is 3.25. The monoisotopic (exact) mass is 244 g/mol. The molecule has 0 aliphatic carbocycles. The van der Waals surface area contributed by atoms with Crippen LogP contribution in [0.1, 0.15) is 16.7 Å². The van der Waals surface area contributed by atoms with Gasteiger partial charge in [-0.15, -0.1) is 0 Å². The van der Waals surface area contributed by atoms with Crippen molar-refractivity contribution in [3.05, 3.63) is 71.0 Å². The molecule has 2 rings (SSSR count). The summed E-state index contributed by atoms with van der Waals surface area (Å²) in [6, 6.07) is 15.1. The van der Waals surface area contributed by atoms with Crippen LogP contribution in [0.4, 0.5) is 4.39 Å². The average molecular weight is 244 g/mol. The van der Waals surface area contributed by atoms with Crippen LogP contribution < -0.4 is 10.9 Å². The number of hydrogen-bond acceptors (Lipinski definition) is 2. The van der Waals surface area contributed by atoms with Crippen LogP contribution in [0.25, 0.3) is 0 Å². The fourth-order valence-electron chi connectivity index (χ4n) is 1.67. The first-order valence-corrected chi connectivity index (χ1v) is 6.00. The largest absolute Gasteiger partial charge is 0.253 e. The van der Waals surface area contributed by atoms with Crippen molar-refractivity contribution in [1.29, 1.82) is 0 Å². The topological polar surface area (TPSA) is 24.1 Å². The van der Waals surface area contributed by atoms with Gasteiger partial charge in [0, 0.05) is 18.7 Å². The van der Waals surface area contributed by atoms with Gasteiger partial charge in [-0.25, -0.2) is 4.39 Å². The van der Waals surface area contributed by atoms with Crippen LogP contribution in [-0.2, 0) is 13.1 Å². The van der Waals surface area contributed by atoms with Gasteiger partial charge in [0.2, 0.25) is 0 Å². The zero-order valence-electron chi connectivity index (χ0n) is 10.4. The zero-order chi connectivity index (χ0) is 12.8. The van der Waals surface area contributed by atoms with Crippen LogP contribution in [0.5, 0.6) is 0 Å². The van der Waals surface area contributed by atoms with E-state index in [1.807, 2.05) is 6.07 Å². The summed E-state index contributed by atoms with van der Waals surface area (Å²) in [6.07, 6.45) is 0. The molecule has 0 saturated heterocycles. The van der Waals surface area contributed by atoms with Crippen molar-refractivity contribution in [2.75, 3.05) is 0 Å². The summed E-state index contributed by atoms with van der Waals surface area (Å²) in [5, 5.41) is 0. The van der Waals surface area contributed by atoms with Gasteiger partial charge in [-0.3, -0.25) is 10.9 Å². The molecule has 0 aromatic heterocycles. The van der Waals surface area contributed by atoms with E-state index < -0.39 is 0 Å². The van der Waals surface area contributed by atoms with E-state index in [1.54, 1.807) is 12.1 Å². The van der Waals surface area contributed by atoms with Gasteiger partial charge < -0.3 is 0 Å². The first-order valence-electron chi connectivity index (χ1n) is 6.00. The number of hydrazine groups is 1. The molecule has 2 N–H and O–H groups in total. The zero-order valence-corrected chi connectivity index (χ0v) is 10.4. The Labute approximate surface area is 107 Å². The molecule has 0 saturated carbocycles.